The van der Waals surface area contributed by atoms with E-state index in [1.54, 1.807) is 12.1 Å². The number of hydrogen-bond acceptors (Lipinski definition) is 7. The van der Waals surface area contributed by atoms with Gasteiger partial charge in [0, 0.05) is 29.1 Å². The first-order valence-electron chi connectivity index (χ1n) is 9.67. The molecule has 10 heteroatoms. The van der Waals surface area contributed by atoms with Gasteiger partial charge in [-0.1, -0.05) is 10.5 Å². The fourth-order valence-electron chi connectivity index (χ4n) is 3.22. The highest BCUT2D eigenvalue weighted by Gasteiger charge is 2.16. The molecule has 4 rings (SSSR count). The second-order valence-electron chi connectivity index (χ2n) is 7.01. The summed E-state index contributed by atoms with van der Waals surface area (Å²) in [6.45, 7) is 0.753. The van der Waals surface area contributed by atoms with Gasteiger partial charge in [-0.25, -0.2) is 18.7 Å². The van der Waals surface area contributed by atoms with E-state index in [-0.39, 0.29) is 17.4 Å². The average molecular weight is 445 g/mol. The Hall–Kier alpha value is -3.27. The van der Waals surface area contributed by atoms with Crippen molar-refractivity contribution in [1.29, 1.82) is 9.56 Å². The predicted octanol–water partition coefficient (Wildman–Crippen LogP) is 5.09. The Morgan fingerprint density at radius 3 is 2.65 bits per heavy atom. The van der Waals surface area contributed by atoms with Gasteiger partial charge in [-0.3, -0.25) is 9.56 Å². The minimum absolute atomic E-state index is 0.00385. The van der Waals surface area contributed by atoms with E-state index >= 15 is 0 Å². The SMILES string of the molecule is N=[SH](=N)Cc1cc2cc(c1)OCCCCOc1cc(F)ccc1-c1nc(ncc1F)N2. The lowest BCUT2D eigenvalue weighted by Gasteiger charge is -2.13. The average Bonchev–Trinajstić information content (AvgIpc) is 2.71. The van der Waals surface area contributed by atoms with Gasteiger partial charge in [0.05, 0.1) is 19.4 Å². The van der Waals surface area contributed by atoms with Gasteiger partial charge >= 0.3 is 0 Å². The van der Waals surface area contributed by atoms with Crippen LogP contribution in [0, 0.1) is 21.2 Å². The van der Waals surface area contributed by atoms with Crippen molar-refractivity contribution in [2.45, 2.75) is 18.6 Å². The number of nitrogens with one attached hydrogen (secondary N) is 3. The zero-order chi connectivity index (χ0) is 21.8. The third-order valence-corrected chi connectivity index (χ3v) is 5.25. The van der Waals surface area contributed by atoms with Gasteiger partial charge < -0.3 is 14.8 Å². The molecule has 1 aliphatic rings. The van der Waals surface area contributed by atoms with Crippen LogP contribution in [-0.4, -0.2) is 23.2 Å². The first-order chi connectivity index (χ1) is 15.0. The van der Waals surface area contributed by atoms with Crippen LogP contribution in [-0.2, 0) is 16.2 Å². The van der Waals surface area contributed by atoms with E-state index in [1.165, 1.54) is 18.2 Å². The van der Waals surface area contributed by atoms with Gasteiger partial charge in [0.25, 0.3) is 0 Å². The number of aromatic nitrogens is 2. The van der Waals surface area contributed by atoms with Crippen molar-refractivity contribution >= 4 is 22.1 Å². The molecule has 0 fully saturated rings. The minimum Gasteiger partial charge on any atom is -0.494 e. The molecule has 0 atom stereocenters. The Balaban J connectivity index is 1.79. The van der Waals surface area contributed by atoms with Gasteiger partial charge in [-0.15, -0.1) is 0 Å². The fraction of sp³-hybridized carbons (Fsp3) is 0.238. The standard InChI is InChI=1S/C21H21F2N5O2S/c22-14-3-4-17-19(9-14)30-6-2-1-5-29-16-8-13(12-31(24)25)7-15(10-16)27-21-26-11-18(23)20(17)28-21/h3-4,7-11,24-25,31H,1-2,5-6,12H2,(H,26,27,28). The van der Waals surface area contributed by atoms with E-state index in [2.05, 4.69) is 15.3 Å². The third kappa shape index (κ3) is 5.26. The number of hydrogen-bond donors (Lipinski definition) is 4. The summed E-state index contributed by atoms with van der Waals surface area (Å²) in [6.07, 6.45) is 2.40. The molecular weight excluding hydrogens is 424 g/mol. The number of rotatable bonds is 2. The van der Waals surface area contributed by atoms with E-state index in [9.17, 15) is 8.78 Å². The number of anilines is 2. The smallest absolute Gasteiger partial charge is 0.227 e. The molecule has 1 aliphatic heterocycles. The lowest BCUT2D eigenvalue weighted by atomic mass is 10.1. The predicted molar refractivity (Wildman–Crippen MR) is 115 cm³/mol. The summed E-state index contributed by atoms with van der Waals surface area (Å²) >= 11 is 0. The van der Waals surface area contributed by atoms with Crippen molar-refractivity contribution in [2.24, 2.45) is 0 Å². The number of thiol groups is 1. The number of fused-ring (bicyclic) bond motifs is 6. The van der Waals surface area contributed by atoms with Crippen LogP contribution in [0.4, 0.5) is 20.4 Å². The summed E-state index contributed by atoms with van der Waals surface area (Å²) < 4.78 is 55.1. The van der Waals surface area contributed by atoms with E-state index < -0.39 is 22.1 Å². The lowest BCUT2D eigenvalue weighted by molar-refractivity contribution is 0.266. The first kappa shape index (κ1) is 21.0. The molecule has 2 heterocycles. The maximum Gasteiger partial charge on any atom is 0.227 e. The molecule has 0 aliphatic carbocycles. The van der Waals surface area contributed by atoms with Gasteiger partial charge in [0.1, 0.15) is 23.0 Å². The molecule has 0 spiro atoms. The summed E-state index contributed by atoms with van der Waals surface area (Å²) in [6, 6.07) is 9.26. The van der Waals surface area contributed by atoms with E-state index in [4.69, 9.17) is 19.0 Å². The first-order valence-corrected chi connectivity index (χ1v) is 11.2. The lowest BCUT2D eigenvalue weighted by Crippen LogP contribution is -2.04. The number of nitrogens with zero attached hydrogens (tertiary/aromatic N) is 2. The molecule has 0 amide bonds. The van der Waals surface area contributed by atoms with Crippen LogP contribution in [0.25, 0.3) is 11.3 Å². The van der Waals surface area contributed by atoms with Crippen molar-refractivity contribution in [2.75, 3.05) is 18.5 Å². The van der Waals surface area contributed by atoms with Crippen molar-refractivity contribution in [3.05, 3.63) is 59.8 Å². The molecule has 1 aromatic heterocycles. The summed E-state index contributed by atoms with van der Waals surface area (Å²) in [5, 5.41) is 3.04. The Labute approximate surface area is 179 Å². The molecule has 162 valence electrons. The number of ether oxygens (including phenoxy) is 2. The maximum atomic E-state index is 14.6. The largest absolute Gasteiger partial charge is 0.494 e. The molecule has 3 N–H and O–H groups in total. The normalized spacial score (nSPS) is 13.8. The van der Waals surface area contributed by atoms with E-state index in [0.717, 1.165) is 11.8 Å². The summed E-state index contributed by atoms with van der Waals surface area (Å²) in [5.74, 6) is 0.104. The van der Waals surface area contributed by atoms with Crippen LogP contribution < -0.4 is 14.8 Å². The van der Waals surface area contributed by atoms with Crippen molar-refractivity contribution in [1.82, 2.24) is 9.97 Å². The molecule has 3 aromatic rings. The molecule has 2 aromatic carbocycles. The van der Waals surface area contributed by atoms with Crippen LogP contribution in [0.15, 0.2) is 42.6 Å². The topological polar surface area (TPSA) is 104 Å². The van der Waals surface area contributed by atoms with Crippen molar-refractivity contribution < 1.29 is 18.3 Å². The number of halogens is 2. The highest BCUT2D eigenvalue weighted by molar-refractivity contribution is 7.73. The maximum absolute atomic E-state index is 14.6. The Kier molecular flexibility index (Phi) is 6.26. The van der Waals surface area contributed by atoms with Gasteiger partial charge in [0.15, 0.2) is 5.82 Å². The molecule has 4 bridgehead atoms. The second-order valence-corrected chi connectivity index (χ2v) is 8.18. The fourth-order valence-corrected chi connectivity index (χ4v) is 3.77. The molecule has 0 saturated heterocycles. The second kappa shape index (κ2) is 9.25. The van der Waals surface area contributed by atoms with Crippen LogP contribution in [0.3, 0.4) is 0 Å². The summed E-state index contributed by atoms with van der Waals surface area (Å²) in [4.78, 5) is 8.30. The Bertz CT molecular complexity index is 1180. The molecule has 31 heavy (non-hydrogen) atoms. The molecular formula is C21H21F2N5O2S. The molecule has 0 radical (unpaired) electrons. The Morgan fingerprint density at radius 2 is 1.84 bits per heavy atom. The molecule has 7 nitrogen and oxygen atoms in total. The summed E-state index contributed by atoms with van der Waals surface area (Å²) in [5.41, 5.74) is 1.72. The minimum atomic E-state index is -1.63. The zero-order valence-electron chi connectivity index (χ0n) is 16.5. The van der Waals surface area contributed by atoms with E-state index in [1.807, 2.05) is 6.07 Å². The molecule has 0 saturated carbocycles. The van der Waals surface area contributed by atoms with Gasteiger partial charge in [0.2, 0.25) is 5.95 Å². The molecule has 0 unspecified atom stereocenters. The van der Waals surface area contributed by atoms with Crippen LogP contribution >= 0.6 is 0 Å². The zero-order valence-corrected chi connectivity index (χ0v) is 17.4. The van der Waals surface area contributed by atoms with Crippen LogP contribution in [0.5, 0.6) is 11.5 Å². The van der Waals surface area contributed by atoms with Crippen LogP contribution in [0.2, 0.25) is 0 Å². The highest BCUT2D eigenvalue weighted by atomic mass is 32.2. The van der Waals surface area contributed by atoms with Crippen molar-refractivity contribution in [3.63, 3.8) is 0 Å². The Morgan fingerprint density at radius 1 is 1.03 bits per heavy atom. The van der Waals surface area contributed by atoms with Gasteiger partial charge in [-0.2, -0.15) is 0 Å². The quantitative estimate of drug-likeness (QED) is 0.411. The van der Waals surface area contributed by atoms with E-state index in [0.29, 0.717) is 48.8 Å². The highest BCUT2D eigenvalue weighted by Crippen LogP contribution is 2.33. The third-order valence-electron chi connectivity index (χ3n) is 4.57. The van der Waals surface area contributed by atoms with Crippen LogP contribution in [0.1, 0.15) is 18.4 Å². The summed E-state index contributed by atoms with van der Waals surface area (Å²) in [7, 11) is -1.63. The monoisotopic (exact) mass is 445 g/mol. The number of benzene rings is 2. The van der Waals surface area contributed by atoms with Gasteiger partial charge in [-0.05, 0) is 42.7 Å². The van der Waals surface area contributed by atoms with Crippen molar-refractivity contribution in [3.8, 4) is 22.8 Å².